The highest BCUT2D eigenvalue weighted by atomic mass is 16.3. The van der Waals surface area contributed by atoms with Crippen LogP contribution in [0.3, 0.4) is 0 Å². The van der Waals surface area contributed by atoms with Crippen molar-refractivity contribution >= 4 is 0 Å². The van der Waals surface area contributed by atoms with Gasteiger partial charge in [0.2, 0.25) is 0 Å². The lowest BCUT2D eigenvalue weighted by Crippen LogP contribution is -2.19. The molecule has 0 bridgehead atoms. The summed E-state index contributed by atoms with van der Waals surface area (Å²) in [6.45, 7) is 5.40. The summed E-state index contributed by atoms with van der Waals surface area (Å²) in [5.74, 6) is 1.97. The van der Waals surface area contributed by atoms with E-state index in [0.29, 0.717) is 6.61 Å². The first-order valence-electron chi connectivity index (χ1n) is 6.14. The predicted molar refractivity (Wildman–Crippen MR) is 65.4 cm³/mol. The molecule has 0 aromatic carbocycles. The van der Waals surface area contributed by atoms with E-state index in [1.165, 1.54) is 6.42 Å². The molecule has 3 heteroatoms. The molecule has 0 saturated carbocycles. The van der Waals surface area contributed by atoms with E-state index in [9.17, 15) is 0 Å². The SMILES string of the molecule is Cc1ccc(C(C)NCCCCCCO)o1. The molecule has 1 rings (SSSR count). The summed E-state index contributed by atoms with van der Waals surface area (Å²) in [6, 6.07) is 4.31. The van der Waals surface area contributed by atoms with E-state index in [-0.39, 0.29) is 6.04 Å². The summed E-state index contributed by atoms with van der Waals surface area (Å²) in [4.78, 5) is 0. The molecule has 0 amide bonds. The number of unbranched alkanes of at least 4 members (excludes halogenated alkanes) is 3. The number of aryl methyl sites for hydroxylation is 1. The van der Waals surface area contributed by atoms with Crippen LogP contribution in [0.15, 0.2) is 16.5 Å². The molecule has 3 nitrogen and oxygen atoms in total. The van der Waals surface area contributed by atoms with Gasteiger partial charge >= 0.3 is 0 Å². The molecular formula is C13H23NO2. The molecule has 1 unspecified atom stereocenters. The molecule has 1 aromatic heterocycles. The van der Waals surface area contributed by atoms with Crippen LogP contribution in [0.4, 0.5) is 0 Å². The summed E-state index contributed by atoms with van der Waals surface area (Å²) >= 11 is 0. The summed E-state index contributed by atoms with van der Waals surface area (Å²) in [6.07, 6.45) is 4.38. The third-order valence-electron chi connectivity index (χ3n) is 2.72. The zero-order valence-electron chi connectivity index (χ0n) is 10.3. The van der Waals surface area contributed by atoms with Crippen molar-refractivity contribution in [3.63, 3.8) is 0 Å². The molecule has 0 saturated heterocycles. The second kappa shape index (κ2) is 7.47. The standard InChI is InChI=1S/C13H23NO2/c1-11-7-8-13(16-11)12(2)14-9-5-3-4-6-10-15/h7-8,12,14-15H,3-6,9-10H2,1-2H3. The van der Waals surface area contributed by atoms with Gasteiger partial charge in [0, 0.05) is 6.61 Å². The minimum absolute atomic E-state index is 0.284. The van der Waals surface area contributed by atoms with E-state index in [1.807, 2.05) is 19.1 Å². The van der Waals surface area contributed by atoms with Gasteiger partial charge in [0.25, 0.3) is 0 Å². The van der Waals surface area contributed by atoms with Crippen LogP contribution < -0.4 is 5.32 Å². The first-order valence-corrected chi connectivity index (χ1v) is 6.14. The normalized spacial score (nSPS) is 12.9. The fourth-order valence-corrected chi connectivity index (χ4v) is 1.70. The number of hydrogen-bond donors (Lipinski definition) is 2. The molecule has 0 aliphatic carbocycles. The van der Waals surface area contributed by atoms with E-state index < -0.39 is 0 Å². The lowest BCUT2D eigenvalue weighted by molar-refractivity contribution is 0.282. The number of aliphatic hydroxyl groups excluding tert-OH is 1. The Labute approximate surface area is 97.9 Å². The van der Waals surface area contributed by atoms with Gasteiger partial charge in [-0.1, -0.05) is 12.8 Å². The smallest absolute Gasteiger partial charge is 0.120 e. The number of hydrogen-bond acceptors (Lipinski definition) is 3. The molecular weight excluding hydrogens is 202 g/mol. The Morgan fingerprint density at radius 2 is 2.00 bits per heavy atom. The summed E-state index contributed by atoms with van der Waals surface area (Å²) in [5.41, 5.74) is 0. The van der Waals surface area contributed by atoms with Crippen molar-refractivity contribution in [1.29, 1.82) is 0 Å². The number of furan rings is 1. The maximum Gasteiger partial charge on any atom is 0.120 e. The van der Waals surface area contributed by atoms with Crippen molar-refractivity contribution in [2.24, 2.45) is 0 Å². The average molecular weight is 225 g/mol. The zero-order valence-corrected chi connectivity index (χ0v) is 10.3. The Morgan fingerprint density at radius 1 is 1.25 bits per heavy atom. The van der Waals surface area contributed by atoms with Crippen molar-refractivity contribution in [3.8, 4) is 0 Å². The van der Waals surface area contributed by atoms with Gasteiger partial charge in [-0.3, -0.25) is 0 Å². The molecule has 0 radical (unpaired) electrons. The maximum atomic E-state index is 8.63. The van der Waals surface area contributed by atoms with E-state index in [4.69, 9.17) is 9.52 Å². The number of rotatable bonds is 8. The Kier molecular flexibility index (Phi) is 6.19. The van der Waals surface area contributed by atoms with E-state index in [0.717, 1.165) is 37.3 Å². The molecule has 0 fully saturated rings. The van der Waals surface area contributed by atoms with E-state index in [2.05, 4.69) is 12.2 Å². The van der Waals surface area contributed by atoms with Gasteiger partial charge in [0.15, 0.2) is 0 Å². The molecule has 0 aliphatic rings. The summed E-state index contributed by atoms with van der Waals surface area (Å²) in [5, 5.41) is 12.1. The van der Waals surface area contributed by atoms with Crippen LogP contribution in [-0.2, 0) is 0 Å². The fourth-order valence-electron chi connectivity index (χ4n) is 1.70. The van der Waals surface area contributed by atoms with Gasteiger partial charge in [-0.05, 0) is 45.4 Å². The first kappa shape index (κ1) is 13.3. The van der Waals surface area contributed by atoms with Gasteiger partial charge in [-0.25, -0.2) is 0 Å². The topological polar surface area (TPSA) is 45.4 Å². The average Bonchev–Trinajstić information content (AvgIpc) is 2.70. The van der Waals surface area contributed by atoms with Crippen molar-refractivity contribution in [2.45, 2.75) is 45.6 Å². The third kappa shape index (κ3) is 4.81. The zero-order chi connectivity index (χ0) is 11.8. The quantitative estimate of drug-likeness (QED) is 0.669. The fraction of sp³-hybridized carbons (Fsp3) is 0.692. The highest BCUT2D eigenvalue weighted by Crippen LogP contribution is 2.15. The van der Waals surface area contributed by atoms with Crippen LogP contribution in [0, 0.1) is 6.92 Å². The molecule has 2 N–H and O–H groups in total. The minimum Gasteiger partial charge on any atom is -0.465 e. The van der Waals surface area contributed by atoms with E-state index in [1.54, 1.807) is 0 Å². The third-order valence-corrected chi connectivity index (χ3v) is 2.72. The molecule has 1 aromatic rings. The van der Waals surface area contributed by atoms with Crippen LogP contribution >= 0.6 is 0 Å². The Morgan fingerprint density at radius 3 is 2.62 bits per heavy atom. The Bertz CT molecular complexity index is 283. The first-order chi connectivity index (χ1) is 7.74. The van der Waals surface area contributed by atoms with Gasteiger partial charge in [0.05, 0.1) is 6.04 Å². The lowest BCUT2D eigenvalue weighted by atomic mass is 10.2. The lowest BCUT2D eigenvalue weighted by Gasteiger charge is -2.10. The molecule has 0 spiro atoms. The van der Waals surface area contributed by atoms with Gasteiger partial charge in [-0.15, -0.1) is 0 Å². The second-order valence-corrected chi connectivity index (χ2v) is 4.26. The number of aliphatic hydroxyl groups is 1. The summed E-state index contributed by atoms with van der Waals surface area (Å²) in [7, 11) is 0. The van der Waals surface area contributed by atoms with Crippen LogP contribution in [0.25, 0.3) is 0 Å². The van der Waals surface area contributed by atoms with Crippen LogP contribution in [0.5, 0.6) is 0 Å². The monoisotopic (exact) mass is 225 g/mol. The maximum absolute atomic E-state index is 8.63. The number of nitrogens with one attached hydrogen (secondary N) is 1. The summed E-state index contributed by atoms with van der Waals surface area (Å²) < 4.78 is 5.55. The van der Waals surface area contributed by atoms with Gasteiger partial charge in [0.1, 0.15) is 11.5 Å². The molecule has 1 atom stereocenters. The molecule has 0 aliphatic heterocycles. The highest BCUT2D eigenvalue weighted by molar-refractivity contribution is 5.08. The molecule has 1 heterocycles. The van der Waals surface area contributed by atoms with Crippen molar-refractivity contribution in [1.82, 2.24) is 5.32 Å². The highest BCUT2D eigenvalue weighted by Gasteiger charge is 2.07. The van der Waals surface area contributed by atoms with Crippen molar-refractivity contribution in [3.05, 3.63) is 23.7 Å². The second-order valence-electron chi connectivity index (χ2n) is 4.26. The van der Waals surface area contributed by atoms with Crippen LogP contribution in [0.2, 0.25) is 0 Å². The van der Waals surface area contributed by atoms with Gasteiger partial charge in [-0.2, -0.15) is 0 Å². The van der Waals surface area contributed by atoms with Crippen LogP contribution in [-0.4, -0.2) is 18.3 Å². The van der Waals surface area contributed by atoms with E-state index >= 15 is 0 Å². The van der Waals surface area contributed by atoms with Crippen molar-refractivity contribution in [2.75, 3.05) is 13.2 Å². The van der Waals surface area contributed by atoms with Gasteiger partial charge < -0.3 is 14.8 Å². The van der Waals surface area contributed by atoms with Crippen LogP contribution in [0.1, 0.15) is 50.2 Å². The minimum atomic E-state index is 0.284. The predicted octanol–water partition coefficient (Wildman–Crippen LogP) is 2.79. The largest absolute Gasteiger partial charge is 0.465 e. The Hall–Kier alpha value is -0.800. The molecule has 16 heavy (non-hydrogen) atoms. The Balaban J connectivity index is 2.09. The molecule has 92 valence electrons. The van der Waals surface area contributed by atoms with Crippen molar-refractivity contribution < 1.29 is 9.52 Å².